The molecule has 4 heteroatoms. The summed E-state index contributed by atoms with van der Waals surface area (Å²) in [5, 5.41) is 7.68. The zero-order valence-corrected chi connectivity index (χ0v) is 8.94. The number of anilines is 2. The van der Waals surface area contributed by atoms with E-state index in [4.69, 9.17) is 0 Å². The van der Waals surface area contributed by atoms with Crippen molar-refractivity contribution in [2.24, 2.45) is 7.05 Å². The van der Waals surface area contributed by atoms with Gasteiger partial charge in [-0.1, -0.05) is 6.92 Å². The summed E-state index contributed by atoms with van der Waals surface area (Å²) in [5.41, 5.74) is 3.17. The summed E-state index contributed by atoms with van der Waals surface area (Å²) >= 11 is 0. The van der Waals surface area contributed by atoms with Gasteiger partial charge in [0.15, 0.2) is 0 Å². The second-order valence-corrected chi connectivity index (χ2v) is 3.38. The topological polar surface area (TPSA) is 42.7 Å². The van der Waals surface area contributed by atoms with E-state index in [1.807, 2.05) is 30.1 Å². The zero-order valence-electron chi connectivity index (χ0n) is 8.94. The number of nitrogens with one attached hydrogen (secondary N) is 1. The molecule has 2 aromatic heterocycles. The van der Waals surface area contributed by atoms with Crippen molar-refractivity contribution in [3.8, 4) is 0 Å². The molecule has 0 radical (unpaired) electrons. The minimum absolute atomic E-state index is 0.925. The molecule has 0 amide bonds. The molecule has 0 bridgehead atoms. The quantitative estimate of drug-likeness (QED) is 0.829. The second kappa shape index (κ2) is 4.13. The SMILES string of the molecule is CCc1nn(C)cc1Nc1ccncc1. The van der Waals surface area contributed by atoms with E-state index in [-0.39, 0.29) is 0 Å². The average molecular weight is 202 g/mol. The molecule has 2 aromatic rings. The summed E-state index contributed by atoms with van der Waals surface area (Å²) in [6, 6.07) is 3.87. The molecule has 15 heavy (non-hydrogen) atoms. The number of rotatable bonds is 3. The number of aryl methyl sites for hydroxylation is 2. The fourth-order valence-electron chi connectivity index (χ4n) is 1.49. The van der Waals surface area contributed by atoms with Crippen molar-refractivity contribution in [2.75, 3.05) is 5.32 Å². The first kappa shape index (κ1) is 9.71. The molecule has 0 aliphatic heterocycles. The van der Waals surface area contributed by atoms with Gasteiger partial charge >= 0.3 is 0 Å². The third-order valence-corrected chi connectivity index (χ3v) is 2.20. The van der Waals surface area contributed by atoms with Crippen molar-refractivity contribution in [1.29, 1.82) is 0 Å². The Kier molecular flexibility index (Phi) is 2.67. The first-order chi connectivity index (χ1) is 7.29. The molecule has 0 saturated carbocycles. The molecule has 0 unspecified atom stereocenters. The number of nitrogens with zero attached hydrogens (tertiary/aromatic N) is 3. The molecule has 1 N–H and O–H groups in total. The zero-order chi connectivity index (χ0) is 10.7. The maximum Gasteiger partial charge on any atom is 0.0856 e. The van der Waals surface area contributed by atoms with Gasteiger partial charge in [-0.3, -0.25) is 9.67 Å². The van der Waals surface area contributed by atoms with Gasteiger partial charge in [-0.25, -0.2) is 0 Å². The lowest BCUT2D eigenvalue weighted by Crippen LogP contribution is -1.92. The largest absolute Gasteiger partial charge is 0.353 e. The highest BCUT2D eigenvalue weighted by Crippen LogP contribution is 2.19. The molecule has 0 aliphatic carbocycles. The molecule has 0 fully saturated rings. The number of pyridine rings is 1. The van der Waals surface area contributed by atoms with Crippen LogP contribution >= 0.6 is 0 Å². The molecule has 0 atom stereocenters. The van der Waals surface area contributed by atoms with Gasteiger partial charge in [0, 0.05) is 31.3 Å². The van der Waals surface area contributed by atoms with E-state index in [1.54, 1.807) is 12.4 Å². The van der Waals surface area contributed by atoms with Crippen molar-refractivity contribution in [1.82, 2.24) is 14.8 Å². The maximum atomic E-state index is 4.36. The van der Waals surface area contributed by atoms with E-state index in [0.29, 0.717) is 0 Å². The van der Waals surface area contributed by atoms with E-state index in [9.17, 15) is 0 Å². The minimum atomic E-state index is 0.925. The Morgan fingerprint density at radius 3 is 2.73 bits per heavy atom. The van der Waals surface area contributed by atoms with Gasteiger partial charge in [-0.05, 0) is 18.6 Å². The number of aromatic nitrogens is 3. The Morgan fingerprint density at radius 1 is 1.33 bits per heavy atom. The van der Waals surface area contributed by atoms with Crippen LogP contribution < -0.4 is 5.32 Å². The van der Waals surface area contributed by atoms with E-state index < -0.39 is 0 Å². The smallest absolute Gasteiger partial charge is 0.0856 e. The molecule has 0 saturated heterocycles. The Bertz CT molecular complexity index is 433. The molecule has 2 heterocycles. The number of hydrogen-bond acceptors (Lipinski definition) is 3. The van der Waals surface area contributed by atoms with Crippen molar-refractivity contribution >= 4 is 11.4 Å². The van der Waals surface area contributed by atoms with Crippen LogP contribution in [0.3, 0.4) is 0 Å². The maximum absolute atomic E-state index is 4.36. The lowest BCUT2D eigenvalue weighted by Gasteiger charge is -2.03. The monoisotopic (exact) mass is 202 g/mol. The molecule has 4 nitrogen and oxygen atoms in total. The third-order valence-electron chi connectivity index (χ3n) is 2.20. The Morgan fingerprint density at radius 2 is 2.07 bits per heavy atom. The summed E-state index contributed by atoms with van der Waals surface area (Å²) in [7, 11) is 1.93. The highest BCUT2D eigenvalue weighted by Gasteiger charge is 2.05. The van der Waals surface area contributed by atoms with Gasteiger partial charge < -0.3 is 5.32 Å². The van der Waals surface area contributed by atoms with E-state index >= 15 is 0 Å². The van der Waals surface area contributed by atoms with E-state index in [2.05, 4.69) is 22.3 Å². The van der Waals surface area contributed by atoms with Crippen molar-refractivity contribution in [2.45, 2.75) is 13.3 Å². The van der Waals surface area contributed by atoms with Crippen LogP contribution in [0.15, 0.2) is 30.7 Å². The summed E-state index contributed by atoms with van der Waals surface area (Å²) in [5.74, 6) is 0. The first-order valence-electron chi connectivity index (χ1n) is 4.99. The summed E-state index contributed by atoms with van der Waals surface area (Å²) in [6.45, 7) is 2.10. The molecule has 0 aliphatic rings. The predicted octanol–water partition coefficient (Wildman–Crippen LogP) is 2.12. The average Bonchev–Trinajstić information content (AvgIpc) is 2.60. The lowest BCUT2D eigenvalue weighted by atomic mass is 10.3. The van der Waals surface area contributed by atoms with Crippen LogP contribution in [-0.2, 0) is 13.5 Å². The minimum Gasteiger partial charge on any atom is -0.353 e. The number of hydrogen-bond donors (Lipinski definition) is 1. The van der Waals surface area contributed by atoms with Gasteiger partial charge in [0.05, 0.1) is 11.4 Å². The third kappa shape index (κ3) is 2.15. The van der Waals surface area contributed by atoms with Crippen molar-refractivity contribution in [3.63, 3.8) is 0 Å². The van der Waals surface area contributed by atoms with Crippen LogP contribution in [0.2, 0.25) is 0 Å². The molecular weight excluding hydrogens is 188 g/mol. The standard InChI is InChI=1S/C11H14N4/c1-3-10-11(8-15(2)14-10)13-9-4-6-12-7-5-9/h4-8H,3H2,1-2H3,(H,12,13). The van der Waals surface area contributed by atoms with Crippen molar-refractivity contribution < 1.29 is 0 Å². The predicted molar refractivity (Wildman–Crippen MR) is 60.1 cm³/mol. The fourth-order valence-corrected chi connectivity index (χ4v) is 1.49. The Hall–Kier alpha value is -1.84. The summed E-state index contributed by atoms with van der Waals surface area (Å²) < 4.78 is 1.82. The normalized spacial score (nSPS) is 10.3. The lowest BCUT2D eigenvalue weighted by molar-refractivity contribution is 0.746. The van der Waals surface area contributed by atoms with Crippen molar-refractivity contribution in [3.05, 3.63) is 36.4 Å². The Labute approximate surface area is 89.0 Å². The van der Waals surface area contributed by atoms with Crippen LogP contribution in [0, 0.1) is 0 Å². The van der Waals surface area contributed by atoms with Crippen LogP contribution in [0.1, 0.15) is 12.6 Å². The highest BCUT2D eigenvalue weighted by atomic mass is 15.3. The van der Waals surface area contributed by atoms with Gasteiger partial charge in [0.2, 0.25) is 0 Å². The fraction of sp³-hybridized carbons (Fsp3) is 0.273. The van der Waals surface area contributed by atoms with Gasteiger partial charge in [-0.15, -0.1) is 0 Å². The van der Waals surface area contributed by atoms with Crippen LogP contribution in [-0.4, -0.2) is 14.8 Å². The van der Waals surface area contributed by atoms with Gasteiger partial charge in [0.25, 0.3) is 0 Å². The molecule has 2 rings (SSSR count). The van der Waals surface area contributed by atoms with E-state index in [0.717, 1.165) is 23.5 Å². The van der Waals surface area contributed by atoms with E-state index in [1.165, 1.54) is 0 Å². The van der Waals surface area contributed by atoms with Crippen LogP contribution in [0.4, 0.5) is 11.4 Å². The molecule has 78 valence electrons. The second-order valence-electron chi connectivity index (χ2n) is 3.38. The van der Waals surface area contributed by atoms with Crippen LogP contribution in [0.5, 0.6) is 0 Å². The van der Waals surface area contributed by atoms with Crippen LogP contribution in [0.25, 0.3) is 0 Å². The molecule has 0 spiro atoms. The summed E-state index contributed by atoms with van der Waals surface area (Å²) in [6.07, 6.45) is 6.45. The Balaban J connectivity index is 2.24. The first-order valence-corrected chi connectivity index (χ1v) is 4.99. The summed E-state index contributed by atoms with van der Waals surface area (Å²) in [4.78, 5) is 3.97. The van der Waals surface area contributed by atoms with Gasteiger partial charge in [0.1, 0.15) is 0 Å². The molecule has 0 aromatic carbocycles. The molecular formula is C11H14N4. The van der Waals surface area contributed by atoms with Gasteiger partial charge in [-0.2, -0.15) is 5.10 Å². The highest BCUT2D eigenvalue weighted by molar-refractivity contribution is 5.60.